The van der Waals surface area contributed by atoms with E-state index in [1.807, 2.05) is 17.5 Å². The van der Waals surface area contributed by atoms with Gasteiger partial charge in [0.2, 0.25) is 0 Å². The van der Waals surface area contributed by atoms with Gasteiger partial charge >= 0.3 is 0 Å². The Kier molecular flexibility index (Phi) is 3.06. The fourth-order valence-corrected chi connectivity index (χ4v) is 3.02. The highest BCUT2D eigenvalue weighted by Crippen LogP contribution is 2.33. The number of imidazole rings is 1. The molecule has 0 aliphatic carbocycles. The van der Waals surface area contributed by atoms with Crippen LogP contribution in [0.15, 0.2) is 29.6 Å². The predicted molar refractivity (Wildman–Crippen MR) is 79.1 cm³/mol. The molecule has 0 saturated heterocycles. The van der Waals surface area contributed by atoms with E-state index in [1.54, 1.807) is 19.1 Å². The molecular formula is C13H10Cl2N2OS. The Labute approximate surface area is 123 Å². The quantitative estimate of drug-likeness (QED) is 0.745. The molecule has 2 aromatic heterocycles. The molecule has 6 heteroatoms. The average Bonchev–Trinajstić information content (AvgIpc) is 2.98. The standard InChI is InChI=1S/C13H10Cl2N2OS/c1-13(18,11-3-2-4-19-11)12-16-9-5-7(14)8(15)6-10(9)17-12/h2-6,18H,1H3,(H,16,17). The van der Waals surface area contributed by atoms with Crippen LogP contribution in [0.2, 0.25) is 10.0 Å². The van der Waals surface area contributed by atoms with Crippen molar-refractivity contribution in [3.63, 3.8) is 0 Å². The lowest BCUT2D eigenvalue weighted by atomic mass is 10.0. The van der Waals surface area contributed by atoms with Gasteiger partial charge in [0.25, 0.3) is 0 Å². The van der Waals surface area contributed by atoms with Crippen LogP contribution >= 0.6 is 34.5 Å². The summed E-state index contributed by atoms with van der Waals surface area (Å²) < 4.78 is 0. The first-order valence-corrected chi connectivity index (χ1v) is 7.23. The first-order valence-electron chi connectivity index (χ1n) is 5.60. The molecule has 0 spiro atoms. The summed E-state index contributed by atoms with van der Waals surface area (Å²) in [6.07, 6.45) is 0. The van der Waals surface area contributed by atoms with Gasteiger partial charge in [-0.2, -0.15) is 0 Å². The topological polar surface area (TPSA) is 48.9 Å². The van der Waals surface area contributed by atoms with E-state index in [0.29, 0.717) is 21.4 Å². The largest absolute Gasteiger partial charge is 0.377 e. The number of H-pyrrole nitrogens is 1. The number of benzene rings is 1. The van der Waals surface area contributed by atoms with Gasteiger partial charge in [0.15, 0.2) is 5.60 Å². The minimum absolute atomic E-state index is 0.447. The maximum atomic E-state index is 10.6. The highest BCUT2D eigenvalue weighted by molar-refractivity contribution is 7.10. The van der Waals surface area contributed by atoms with Crippen LogP contribution in [0.5, 0.6) is 0 Å². The number of aliphatic hydroxyl groups is 1. The highest BCUT2D eigenvalue weighted by Gasteiger charge is 2.30. The van der Waals surface area contributed by atoms with Crippen molar-refractivity contribution in [3.8, 4) is 0 Å². The molecule has 0 radical (unpaired) electrons. The predicted octanol–water partition coefficient (Wildman–Crippen LogP) is 4.19. The summed E-state index contributed by atoms with van der Waals surface area (Å²) in [4.78, 5) is 8.32. The van der Waals surface area contributed by atoms with Crippen molar-refractivity contribution in [2.24, 2.45) is 0 Å². The Bertz CT molecular complexity index is 696. The lowest BCUT2D eigenvalue weighted by Crippen LogP contribution is -2.23. The fraction of sp³-hybridized carbons (Fsp3) is 0.154. The molecule has 2 heterocycles. The summed E-state index contributed by atoms with van der Waals surface area (Å²) in [5.74, 6) is 0.475. The smallest absolute Gasteiger partial charge is 0.153 e. The van der Waals surface area contributed by atoms with Crippen LogP contribution in [0.3, 0.4) is 0 Å². The fourth-order valence-electron chi connectivity index (χ4n) is 1.91. The normalized spacial score (nSPS) is 14.7. The first kappa shape index (κ1) is 12.9. The van der Waals surface area contributed by atoms with Gasteiger partial charge in [-0.05, 0) is 30.5 Å². The third-order valence-corrected chi connectivity index (χ3v) is 4.79. The Balaban J connectivity index is 2.16. The third-order valence-electron chi connectivity index (χ3n) is 2.99. The number of halogens is 2. The van der Waals surface area contributed by atoms with Gasteiger partial charge in [0.1, 0.15) is 5.82 Å². The molecular weight excluding hydrogens is 303 g/mol. The van der Waals surface area contributed by atoms with Crippen LogP contribution in [-0.4, -0.2) is 15.1 Å². The number of aromatic amines is 1. The van der Waals surface area contributed by atoms with Gasteiger partial charge in [-0.25, -0.2) is 4.98 Å². The van der Waals surface area contributed by atoms with Crippen molar-refractivity contribution in [2.75, 3.05) is 0 Å². The maximum absolute atomic E-state index is 10.6. The minimum Gasteiger partial charge on any atom is -0.377 e. The number of nitrogens with one attached hydrogen (secondary N) is 1. The second-order valence-corrected chi connectivity index (χ2v) is 6.18. The van der Waals surface area contributed by atoms with E-state index >= 15 is 0 Å². The van der Waals surface area contributed by atoms with E-state index in [2.05, 4.69) is 9.97 Å². The van der Waals surface area contributed by atoms with Crippen molar-refractivity contribution >= 4 is 45.6 Å². The lowest BCUT2D eigenvalue weighted by molar-refractivity contribution is 0.0974. The number of hydrogen-bond acceptors (Lipinski definition) is 3. The second kappa shape index (κ2) is 4.49. The van der Waals surface area contributed by atoms with E-state index < -0.39 is 5.60 Å². The number of aromatic nitrogens is 2. The lowest BCUT2D eigenvalue weighted by Gasteiger charge is -2.18. The SMILES string of the molecule is CC(O)(c1nc2cc(Cl)c(Cl)cc2[nH]1)c1cccs1. The van der Waals surface area contributed by atoms with E-state index in [1.165, 1.54) is 11.3 Å². The zero-order chi connectivity index (χ0) is 13.6. The third kappa shape index (κ3) is 2.15. The minimum atomic E-state index is -1.16. The van der Waals surface area contributed by atoms with Crippen molar-refractivity contribution < 1.29 is 5.11 Å². The Morgan fingerprint density at radius 3 is 2.74 bits per heavy atom. The van der Waals surface area contributed by atoms with Crippen LogP contribution in [0, 0.1) is 0 Å². The summed E-state index contributed by atoms with van der Waals surface area (Å²) in [6.45, 7) is 1.71. The van der Waals surface area contributed by atoms with Crippen LogP contribution in [0.25, 0.3) is 11.0 Å². The zero-order valence-corrected chi connectivity index (χ0v) is 12.3. The van der Waals surface area contributed by atoms with E-state index in [0.717, 1.165) is 10.4 Å². The second-order valence-electron chi connectivity index (χ2n) is 4.42. The molecule has 0 bridgehead atoms. The van der Waals surface area contributed by atoms with Crippen LogP contribution in [-0.2, 0) is 5.60 Å². The molecule has 3 nitrogen and oxygen atoms in total. The van der Waals surface area contributed by atoms with Gasteiger partial charge < -0.3 is 10.1 Å². The van der Waals surface area contributed by atoms with Gasteiger partial charge in [-0.3, -0.25) is 0 Å². The Morgan fingerprint density at radius 2 is 2.05 bits per heavy atom. The van der Waals surface area contributed by atoms with Gasteiger partial charge in [-0.15, -0.1) is 11.3 Å². The van der Waals surface area contributed by atoms with E-state index in [4.69, 9.17) is 23.2 Å². The summed E-state index contributed by atoms with van der Waals surface area (Å²) in [6, 6.07) is 7.16. The molecule has 0 saturated carbocycles. The van der Waals surface area contributed by atoms with Crippen molar-refractivity contribution in [1.29, 1.82) is 0 Å². The molecule has 1 atom stereocenters. The van der Waals surface area contributed by atoms with Gasteiger partial charge in [0.05, 0.1) is 21.1 Å². The molecule has 0 aliphatic heterocycles. The Morgan fingerprint density at radius 1 is 1.32 bits per heavy atom. The van der Waals surface area contributed by atoms with E-state index in [-0.39, 0.29) is 0 Å². The van der Waals surface area contributed by atoms with Crippen LogP contribution < -0.4 is 0 Å². The van der Waals surface area contributed by atoms with Gasteiger partial charge in [-0.1, -0.05) is 29.3 Å². The van der Waals surface area contributed by atoms with Crippen molar-refractivity contribution in [1.82, 2.24) is 9.97 Å². The highest BCUT2D eigenvalue weighted by atomic mass is 35.5. The number of fused-ring (bicyclic) bond motifs is 1. The zero-order valence-electron chi connectivity index (χ0n) is 9.95. The molecule has 0 fully saturated rings. The van der Waals surface area contributed by atoms with Crippen molar-refractivity contribution in [3.05, 3.63) is 50.4 Å². The first-order chi connectivity index (χ1) is 8.98. The summed E-state index contributed by atoms with van der Waals surface area (Å²) >= 11 is 13.4. The molecule has 98 valence electrons. The Hall–Kier alpha value is -1.07. The molecule has 0 amide bonds. The molecule has 3 aromatic rings. The van der Waals surface area contributed by atoms with Crippen LogP contribution in [0.1, 0.15) is 17.6 Å². The average molecular weight is 313 g/mol. The molecule has 3 rings (SSSR count). The summed E-state index contributed by atoms with van der Waals surface area (Å²) in [5, 5.41) is 13.5. The molecule has 2 N–H and O–H groups in total. The van der Waals surface area contributed by atoms with Crippen LogP contribution in [0.4, 0.5) is 0 Å². The maximum Gasteiger partial charge on any atom is 0.153 e. The monoisotopic (exact) mass is 312 g/mol. The van der Waals surface area contributed by atoms with E-state index in [9.17, 15) is 5.11 Å². The summed E-state index contributed by atoms with van der Waals surface area (Å²) in [7, 11) is 0. The molecule has 0 aliphatic rings. The summed E-state index contributed by atoms with van der Waals surface area (Å²) in [5.41, 5.74) is 0.272. The van der Waals surface area contributed by atoms with Crippen molar-refractivity contribution in [2.45, 2.75) is 12.5 Å². The number of hydrogen-bond donors (Lipinski definition) is 2. The number of rotatable bonds is 2. The number of thiophene rings is 1. The molecule has 19 heavy (non-hydrogen) atoms. The molecule has 1 unspecified atom stereocenters. The molecule has 1 aromatic carbocycles. The van der Waals surface area contributed by atoms with Gasteiger partial charge in [0, 0.05) is 4.88 Å². The number of nitrogens with zero attached hydrogens (tertiary/aromatic N) is 1.